The molecule has 0 saturated carbocycles. The molecule has 0 aliphatic rings. The van der Waals surface area contributed by atoms with Crippen LogP contribution in [0.15, 0.2) is 53.9 Å². The van der Waals surface area contributed by atoms with Crippen molar-refractivity contribution in [1.82, 2.24) is 4.98 Å². The van der Waals surface area contributed by atoms with Crippen molar-refractivity contribution in [2.75, 3.05) is 12.4 Å². The van der Waals surface area contributed by atoms with E-state index in [1.165, 1.54) is 16.7 Å². The van der Waals surface area contributed by atoms with E-state index in [9.17, 15) is 0 Å². The zero-order valence-corrected chi connectivity index (χ0v) is 12.4. The number of rotatable bonds is 3. The van der Waals surface area contributed by atoms with E-state index in [1.54, 1.807) is 11.3 Å². The minimum atomic E-state index is 1.08. The molecule has 0 aliphatic carbocycles. The number of anilines is 1. The Bertz CT molecular complexity index is 697. The van der Waals surface area contributed by atoms with E-state index < -0.39 is 0 Å². The summed E-state index contributed by atoms with van der Waals surface area (Å²) in [6, 6.07) is 17.0. The summed E-state index contributed by atoms with van der Waals surface area (Å²) in [6.45, 7) is 2.03. The Morgan fingerprint density at radius 2 is 1.40 bits per heavy atom. The fourth-order valence-electron chi connectivity index (χ4n) is 2.12. The van der Waals surface area contributed by atoms with Crippen molar-refractivity contribution in [2.24, 2.45) is 0 Å². The molecule has 1 aromatic heterocycles. The third kappa shape index (κ3) is 2.58. The number of nitrogens with zero attached hydrogens (tertiary/aromatic N) is 1. The van der Waals surface area contributed by atoms with Crippen LogP contribution in [0.5, 0.6) is 0 Å². The minimum Gasteiger partial charge on any atom is -0.388 e. The molecule has 0 bridgehead atoms. The molecule has 2 aromatic carbocycles. The van der Waals surface area contributed by atoms with E-state index in [4.69, 9.17) is 0 Å². The average molecular weight is 280 g/mol. The summed E-state index contributed by atoms with van der Waals surface area (Å²) in [6.07, 6.45) is 0. The van der Waals surface area contributed by atoms with Crippen LogP contribution >= 0.6 is 11.3 Å². The van der Waals surface area contributed by atoms with Crippen molar-refractivity contribution in [3.05, 3.63) is 59.6 Å². The summed E-state index contributed by atoms with van der Waals surface area (Å²) in [4.78, 5) is 4.52. The summed E-state index contributed by atoms with van der Waals surface area (Å²) in [5.41, 5.74) is 5.84. The van der Waals surface area contributed by atoms with Crippen LogP contribution in [0.4, 0.5) is 5.69 Å². The molecule has 2 nitrogen and oxygen atoms in total. The van der Waals surface area contributed by atoms with Crippen molar-refractivity contribution in [3.8, 4) is 21.7 Å². The maximum absolute atomic E-state index is 4.52. The topological polar surface area (TPSA) is 24.9 Å². The van der Waals surface area contributed by atoms with Crippen LogP contribution < -0.4 is 5.32 Å². The molecule has 0 atom stereocenters. The SMILES string of the molecule is CNc1ccc(-c2ccc(-c3nc(C)cs3)cc2)cc1. The molecule has 0 aliphatic heterocycles. The zero-order valence-electron chi connectivity index (χ0n) is 11.6. The van der Waals surface area contributed by atoms with Gasteiger partial charge in [0.25, 0.3) is 0 Å². The Hall–Kier alpha value is -2.13. The largest absolute Gasteiger partial charge is 0.388 e. The van der Waals surface area contributed by atoms with Crippen LogP contribution in [-0.4, -0.2) is 12.0 Å². The Morgan fingerprint density at radius 3 is 1.90 bits per heavy atom. The van der Waals surface area contributed by atoms with Gasteiger partial charge in [-0.3, -0.25) is 0 Å². The number of hydrogen-bond donors (Lipinski definition) is 1. The highest BCUT2D eigenvalue weighted by Gasteiger charge is 2.03. The molecule has 0 radical (unpaired) electrons. The lowest BCUT2D eigenvalue weighted by atomic mass is 10.0. The number of aromatic nitrogens is 1. The molecule has 3 aromatic rings. The molecular weight excluding hydrogens is 264 g/mol. The quantitative estimate of drug-likeness (QED) is 0.743. The molecule has 0 saturated heterocycles. The van der Waals surface area contributed by atoms with Gasteiger partial charge in [0.15, 0.2) is 0 Å². The van der Waals surface area contributed by atoms with E-state index in [-0.39, 0.29) is 0 Å². The molecule has 0 fully saturated rings. The molecule has 1 N–H and O–H groups in total. The van der Waals surface area contributed by atoms with Gasteiger partial charge in [0, 0.05) is 29.4 Å². The monoisotopic (exact) mass is 280 g/mol. The lowest BCUT2D eigenvalue weighted by Gasteiger charge is -2.05. The second-order valence-electron chi connectivity index (χ2n) is 4.70. The van der Waals surface area contributed by atoms with Gasteiger partial charge in [-0.25, -0.2) is 4.98 Å². The van der Waals surface area contributed by atoms with E-state index >= 15 is 0 Å². The van der Waals surface area contributed by atoms with Gasteiger partial charge >= 0.3 is 0 Å². The van der Waals surface area contributed by atoms with Gasteiger partial charge in [-0.05, 0) is 30.2 Å². The van der Waals surface area contributed by atoms with Crippen molar-refractivity contribution in [1.29, 1.82) is 0 Å². The molecule has 20 heavy (non-hydrogen) atoms. The molecule has 3 rings (SSSR count). The van der Waals surface area contributed by atoms with Crippen LogP contribution in [0, 0.1) is 6.92 Å². The Balaban J connectivity index is 1.88. The van der Waals surface area contributed by atoms with Gasteiger partial charge in [-0.1, -0.05) is 36.4 Å². The second kappa shape index (κ2) is 5.47. The van der Waals surface area contributed by atoms with Crippen LogP contribution in [0.3, 0.4) is 0 Å². The first-order valence-electron chi connectivity index (χ1n) is 6.57. The predicted octanol–water partition coefficient (Wildman–Crippen LogP) is 4.83. The zero-order chi connectivity index (χ0) is 13.9. The fraction of sp³-hybridized carbons (Fsp3) is 0.118. The summed E-state index contributed by atoms with van der Waals surface area (Å²) in [5.74, 6) is 0. The number of thiazole rings is 1. The first-order chi connectivity index (χ1) is 9.76. The average Bonchev–Trinajstić information content (AvgIpc) is 2.94. The summed E-state index contributed by atoms with van der Waals surface area (Å²) in [7, 11) is 1.93. The highest BCUT2D eigenvalue weighted by molar-refractivity contribution is 7.13. The number of hydrogen-bond acceptors (Lipinski definition) is 3. The number of nitrogens with one attached hydrogen (secondary N) is 1. The first kappa shape index (κ1) is 12.9. The van der Waals surface area contributed by atoms with Crippen LogP contribution in [-0.2, 0) is 0 Å². The second-order valence-corrected chi connectivity index (χ2v) is 5.56. The van der Waals surface area contributed by atoms with Gasteiger partial charge in [0.2, 0.25) is 0 Å². The van der Waals surface area contributed by atoms with Gasteiger partial charge in [-0.2, -0.15) is 0 Å². The van der Waals surface area contributed by atoms with Crippen molar-refractivity contribution in [2.45, 2.75) is 6.92 Å². The molecule has 3 heteroatoms. The summed E-state index contributed by atoms with van der Waals surface area (Å²) >= 11 is 1.69. The lowest BCUT2D eigenvalue weighted by molar-refractivity contribution is 1.27. The van der Waals surface area contributed by atoms with Crippen LogP contribution in [0.2, 0.25) is 0 Å². The Labute approximate surface area is 123 Å². The van der Waals surface area contributed by atoms with Crippen molar-refractivity contribution >= 4 is 17.0 Å². The van der Waals surface area contributed by atoms with Gasteiger partial charge in [-0.15, -0.1) is 11.3 Å². The third-order valence-corrected chi connectivity index (χ3v) is 4.27. The number of aryl methyl sites for hydroxylation is 1. The molecule has 1 heterocycles. The first-order valence-corrected chi connectivity index (χ1v) is 7.45. The summed E-state index contributed by atoms with van der Waals surface area (Å²) in [5, 5.41) is 6.30. The lowest BCUT2D eigenvalue weighted by Crippen LogP contribution is -1.87. The van der Waals surface area contributed by atoms with Gasteiger partial charge < -0.3 is 5.32 Å². The molecule has 0 spiro atoms. The Kier molecular flexibility index (Phi) is 3.52. The van der Waals surface area contributed by atoms with Crippen molar-refractivity contribution in [3.63, 3.8) is 0 Å². The van der Waals surface area contributed by atoms with E-state index in [1.807, 2.05) is 14.0 Å². The van der Waals surface area contributed by atoms with Crippen LogP contribution in [0.25, 0.3) is 21.7 Å². The highest BCUT2D eigenvalue weighted by Crippen LogP contribution is 2.27. The van der Waals surface area contributed by atoms with Gasteiger partial charge in [0.1, 0.15) is 5.01 Å². The molecule has 100 valence electrons. The Morgan fingerprint density at radius 1 is 0.850 bits per heavy atom. The fourth-order valence-corrected chi connectivity index (χ4v) is 2.92. The van der Waals surface area contributed by atoms with E-state index in [0.717, 1.165) is 16.4 Å². The van der Waals surface area contributed by atoms with Crippen molar-refractivity contribution < 1.29 is 0 Å². The normalized spacial score (nSPS) is 10.5. The standard InChI is InChI=1S/C17H16N2S/c1-12-11-20-17(19-12)15-5-3-13(4-6-15)14-7-9-16(18-2)10-8-14/h3-11,18H,1-2H3. The molecular formula is C17H16N2S. The number of benzene rings is 2. The highest BCUT2D eigenvalue weighted by atomic mass is 32.1. The maximum atomic E-state index is 4.52. The van der Waals surface area contributed by atoms with Gasteiger partial charge in [0.05, 0.1) is 0 Å². The van der Waals surface area contributed by atoms with Crippen LogP contribution in [0.1, 0.15) is 5.69 Å². The van der Waals surface area contributed by atoms with E-state index in [0.29, 0.717) is 0 Å². The molecule has 0 unspecified atom stereocenters. The smallest absolute Gasteiger partial charge is 0.123 e. The minimum absolute atomic E-state index is 1.08. The van der Waals surface area contributed by atoms with E-state index in [2.05, 4.69) is 64.2 Å². The predicted molar refractivity (Wildman–Crippen MR) is 87.3 cm³/mol. The third-order valence-electron chi connectivity index (χ3n) is 3.26. The molecule has 0 amide bonds. The maximum Gasteiger partial charge on any atom is 0.123 e. The summed E-state index contributed by atoms with van der Waals surface area (Å²) < 4.78 is 0.